The monoisotopic (exact) mass is 493 g/mol. The molecule has 4 aromatic rings. The van der Waals surface area contributed by atoms with Crippen LogP contribution in [0.3, 0.4) is 0 Å². The number of pyridine rings is 2. The maximum Gasteiger partial charge on any atom is 0.251 e. The van der Waals surface area contributed by atoms with E-state index in [2.05, 4.69) is 20.1 Å². The number of hydrogen-bond donors (Lipinski definition) is 4. The molecule has 0 bridgehead atoms. The number of nitrogens with one attached hydrogen (secondary N) is 1. The summed E-state index contributed by atoms with van der Waals surface area (Å²) in [5.41, 5.74) is 8.74. The van der Waals surface area contributed by atoms with Gasteiger partial charge in [0.05, 0.1) is 17.4 Å². The normalized spacial score (nSPS) is 15.0. The van der Waals surface area contributed by atoms with Crippen LogP contribution >= 0.6 is 11.6 Å². The number of benzene rings is 1. The van der Waals surface area contributed by atoms with E-state index in [1.165, 1.54) is 23.6 Å². The summed E-state index contributed by atoms with van der Waals surface area (Å²) in [5, 5.41) is 5.17. The van der Waals surface area contributed by atoms with Crippen LogP contribution in [0.15, 0.2) is 58.6 Å². The molecule has 1 aromatic carbocycles. The Hall–Kier alpha value is -4.22. The molecule has 0 aliphatic carbocycles. The average Bonchev–Trinajstić information content (AvgIpc) is 3.43. The van der Waals surface area contributed by atoms with Gasteiger partial charge < -0.3 is 21.1 Å². The minimum atomic E-state index is -0.664. The van der Waals surface area contributed by atoms with Crippen molar-refractivity contribution < 1.29 is 4.39 Å². The topological polar surface area (TPSA) is 157 Å². The zero-order valence-electron chi connectivity index (χ0n) is 18.3. The molecular weight excluding hydrogens is 473 g/mol. The van der Waals surface area contributed by atoms with E-state index in [0.29, 0.717) is 51.9 Å². The lowest BCUT2D eigenvalue weighted by molar-refractivity contribution is 0.515. The zero-order valence-corrected chi connectivity index (χ0v) is 19.1. The van der Waals surface area contributed by atoms with Gasteiger partial charge in [0.2, 0.25) is 5.95 Å². The SMILES string of the molecule is N/N=C\N(N)c1ccc(Cl)cc1-c1cc2n(c(=O)c1)C(c1[nH]c(-c3ccc(N)nc3)nc1F)CC2. The molecule has 10 nitrogen and oxygen atoms in total. The third kappa shape index (κ3) is 4.11. The van der Waals surface area contributed by atoms with Crippen molar-refractivity contribution >= 4 is 29.4 Å². The van der Waals surface area contributed by atoms with E-state index in [1.807, 2.05) is 6.07 Å². The first-order valence-corrected chi connectivity index (χ1v) is 11.0. The summed E-state index contributed by atoms with van der Waals surface area (Å²) < 4.78 is 16.5. The molecule has 0 amide bonds. The van der Waals surface area contributed by atoms with Crippen LogP contribution in [0.4, 0.5) is 15.9 Å². The van der Waals surface area contributed by atoms with Gasteiger partial charge in [0.15, 0.2) is 0 Å². The van der Waals surface area contributed by atoms with Gasteiger partial charge in [-0.3, -0.25) is 9.80 Å². The van der Waals surface area contributed by atoms with Gasteiger partial charge in [-0.15, -0.1) is 0 Å². The number of rotatable bonds is 5. The van der Waals surface area contributed by atoms with Crippen molar-refractivity contribution in [1.29, 1.82) is 0 Å². The summed E-state index contributed by atoms with van der Waals surface area (Å²) in [6.45, 7) is 0. The Kier molecular flexibility index (Phi) is 5.71. The number of anilines is 2. The van der Waals surface area contributed by atoms with E-state index in [0.717, 1.165) is 5.69 Å². The number of imidazole rings is 1. The number of nitrogens with zero attached hydrogens (tertiary/aromatic N) is 5. The number of nitrogens with two attached hydrogens (primary N) is 3. The van der Waals surface area contributed by atoms with Crippen LogP contribution in [-0.2, 0) is 6.42 Å². The fraction of sp³-hybridized carbons (Fsp3) is 0.130. The first-order chi connectivity index (χ1) is 16.9. The van der Waals surface area contributed by atoms with Crippen LogP contribution < -0.4 is 28.0 Å². The van der Waals surface area contributed by atoms with Gasteiger partial charge in [-0.05, 0) is 54.8 Å². The highest BCUT2D eigenvalue weighted by molar-refractivity contribution is 6.31. The van der Waals surface area contributed by atoms with Crippen LogP contribution in [0, 0.1) is 5.95 Å². The van der Waals surface area contributed by atoms with Gasteiger partial charge in [0.1, 0.15) is 18.0 Å². The molecule has 0 spiro atoms. The molecule has 35 heavy (non-hydrogen) atoms. The second-order valence-corrected chi connectivity index (χ2v) is 8.53. The third-order valence-corrected chi connectivity index (χ3v) is 6.19. The van der Waals surface area contributed by atoms with Crippen molar-refractivity contribution in [3.63, 3.8) is 0 Å². The van der Waals surface area contributed by atoms with E-state index in [9.17, 15) is 9.18 Å². The number of hydrazine groups is 1. The van der Waals surface area contributed by atoms with E-state index in [1.54, 1.807) is 34.9 Å². The zero-order chi connectivity index (χ0) is 24.7. The smallest absolute Gasteiger partial charge is 0.251 e. The number of aromatic amines is 1. The highest BCUT2D eigenvalue weighted by atomic mass is 35.5. The Morgan fingerprint density at radius 3 is 2.80 bits per heavy atom. The average molecular weight is 494 g/mol. The summed E-state index contributed by atoms with van der Waals surface area (Å²) >= 11 is 6.22. The molecule has 0 saturated heterocycles. The minimum absolute atomic E-state index is 0.237. The molecule has 4 heterocycles. The number of hydrogen-bond acceptors (Lipinski definition) is 7. The molecule has 3 aromatic heterocycles. The molecule has 12 heteroatoms. The first kappa shape index (κ1) is 22.6. The molecule has 7 N–H and O–H groups in total. The number of H-pyrrole nitrogens is 1. The number of nitrogen functional groups attached to an aromatic ring is 1. The van der Waals surface area contributed by atoms with Crippen LogP contribution in [0.2, 0.25) is 5.02 Å². The number of halogens is 2. The molecule has 0 fully saturated rings. The number of fused-ring (bicyclic) bond motifs is 1. The second-order valence-electron chi connectivity index (χ2n) is 8.09. The van der Waals surface area contributed by atoms with Crippen molar-refractivity contribution in [2.45, 2.75) is 18.9 Å². The molecule has 5 rings (SSSR count). The fourth-order valence-electron chi connectivity index (χ4n) is 4.39. The maximum absolute atomic E-state index is 14.9. The summed E-state index contributed by atoms with van der Waals surface area (Å²) in [5.74, 6) is 11.3. The van der Waals surface area contributed by atoms with E-state index < -0.39 is 12.0 Å². The van der Waals surface area contributed by atoms with E-state index >= 15 is 0 Å². The summed E-state index contributed by atoms with van der Waals surface area (Å²) in [4.78, 5) is 24.3. The molecule has 1 atom stereocenters. The Morgan fingerprint density at radius 2 is 2.06 bits per heavy atom. The lowest BCUT2D eigenvalue weighted by Gasteiger charge is -2.19. The highest BCUT2D eigenvalue weighted by Crippen LogP contribution is 2.36. The lowest BCUT2D eigenvalue weighted by atomic mass is 10.0. The van der Waals surface area contributed by atoms with Crippen molar-refractivity contribution in [3.8, 4) is 22.5 Å². The Morgan fingerprint density at radius 1 is 1.23 bits per heavy atom. The van der Waals surface area contributed by atoms with Gasteiger partial charge in [-0.25, -0.2) is 10.8 Å². The molecular formula is C23H21ClFN9O. The Balaban J connectivity index is 1.55. The Bertz CT molecular complexity index is 1500. The molecule has 0 saturated carbocycles. The molecule has 0 radical (unpaired) electrons. The predicted molar refractivity (Wildman–Crippen MR) is 133 cm³/mol. The number of aromatic nitrogens is 4. The molecule has 1 unspecified atom stereocenters. The van der Waals surface area contributed by atoms with E-state index in [4.69, 9.17) is 29.0 Å². The molecule has 178 valence electrons. The van der Waals surface area contributed by atoms with Gasteiger partial charge >= 0.3 is 0 Å². The largest absolute Gasteiger partial charge is 0.384 e. The van der Waals surface area contributed by atoms with Crippen LogP contribution in [0.1, 0.15) is 23.9 Å². The van der Waals surface area contributed by atoms with Crippen LogP contribution in [0.5, 0.6) is 0 Å². The predicted octanol–water partition coefficient (Wildman–Crippen LogP) is 2.79. The summed E-state index contributed by atoms with van der Waals surface area (Å²) in [7, 11) is 0. The van der Waals surface area contributed by atoms with Gasteiger partial charge in [0.25, 0.3) is 5.56 Å². The van der Waals surface area contributed by atoms with Crippen LogP contribution in [0.25, 0.3) is 22.5 Å². The molecule has 1 aliphatic rings. The molecule has 1 aliphatic heterocycles. The highest BCUT2D eigenvalue weighted by Gasteiger charge is 2.30. The van der Waals surface area contributed by atoms with Crippen molar-refractivity contribution in [2.24, 2.45) is 16.8 Å². The number of aryl methyl sites for hydroxylation is 1. The summed E-state index contributed by atoms with van der Waals surface area (Å²) in [6.07, 6.45) is 3.86. The van der Waals surface area contributed by atoms with Crippen LogP contribution in [-0.4, -0.2) is 25.9 Å². The van der Waals surface area contributed by atoms with Crippen molar-refractivity contribution in [2.75, 3.05) is 10.7 Å². The third-order valence-electron chi connectivity index (χ3n) is 5.95. The minimum Gasteiger partial charge on any atom is -0.384 e. The van der Waals surface area contributed by atoms with Crippen molar-refractivity contribution in [1.82, 2.24) is 19.5 Å². The fourth-order valence-corrected chi connectivity index (χ4v) is 4.56. The maximum atomic E-state index is 14.9. The summed E-state index contributed by atoms with van der Waals surface area (Å²) in [6, 6.07) is 11.2. The number of hydrazone groups is 1. The standard InChI is InChI=1S/C23H21ClFN9O/c24-14-2-4-17(33(28)11-30-27)16(9-14)13-7-15-3-5-18(34(15)20(35)8-13)21-22(25)32-23(31-21)12-1-6-19(26)29-10-12/h1-2,4,6-11,18H,3,5,27-28H2,(H2,26,29)(H,31,32)/b30-11-. The van der Waals surface area contributed by atoms with Gasteiger partial charge in [0, 0.05) is 34.1 Å². The lowest BCUT2D eigenvalue weighted by Crippen LogP contribution is -2.30. The van der Waals surface area contributed by atoms with Gasteiger partial charge in [-0.1, -0.05) is 11.6 Å². The van der Waals surface area contributed by atoms with E-state index in [-0.39, 0.29) is 11.3 Å². The van der Waals surface area contributed by atoms with Gasteiger partial charge in [-0.2, -0.15) is 14.5 Å². The first-order valence-electron chi connectivity index (χ1n) is 10.7. The quantitative estimate of drug-likeness (QED) is 0.144. The van der Waals surface area contributed by atoms with Crippen molar-refractivity contribution in [3.05, 3.63) is 81.4 Å². The second kappa shape index (κ2) is 8.85. The Labute approximate surface area is 203 Å².